The lowest BCUT2D eigenvalue weighted by Gasteiger charge is -2.29. The van der Waals surface area contributed by atoms with Crippen LogP contribution in [0.2, 0.25) is 0 Å². The van der Waals surface area contributed by atoms with Gasteiger partial charge in [-0.3, -0.25) is 14.9 Å². The van der Waals surface area contributed by atoms with Crippen LogP contribution in [-0.2, 0) is 0 Å². The van der Waals surface area contributed by atoms with Gasteiger partial charge in [0.05, 0.1) is 10.6 Å². The van der Waals surface area contributed by atoms with E-state index in [9.17, 15) is 19.3 Å². The Morgan fingerprint density at radius 1 is 1.19 bits per heavy atom. The average molecular weight is 357 g/mol. The van der Waals surface area contributed by atoms with E-state index in [-0.39, 0.29) is 22.6 Å². The summed E-state index contributed by atoms with van der Waals surface area (Å²) in [7, 11) is 0. The Morgan fingerprint density at radius 3 is 2.58 bits per heavy atom. The molecule has 26 heavy (non-hydrogen) atoms. The van der Waals surface area contributed by atoms with Gasteiger partial charge >= 0.3 is 0 Å². The lowest BCUT2D eigenvalue weighted by Crippen LogP contribution is -2.30. The second-order valence-electron chi connectivity index (χ2n) is 6.37. The number of nitrogens with zero attached hydrogens (tertiary/aromatic N) is 2. The molecule has 1 amide bonds. The Labute approximate surface area is 150 Å². The van der Waals surface area contributed by atoms with Gasteiger partial charge in [-0.15, -0.1) is 0 Å². The van der Waals surface area contributed by atoms with Crippen molar-refractivity contribution in [3.8, 4) is 0 Å². The van der Waals surface area contributed by atoms with E-state index in [0.717, 1.165) is 32.4 Å². The highest BCUT2D eigenvalue weighted by Crippen LogP contribution is 2.27. The fourth-order valence-corrected chi connectivity index (χ4v) is 3.24. The van der Waals surface area contributed by atoms with E-state index < -0.39 is 10.8 Å². The van der Waals surface area contributed by atoms with Gasteiger partial charge in [-0.25, -0.2) is 4.39 Å². The van der Waals surface area contributed by atoms with Gasteiger partial charge in [0.25, 0.3) is 11.6 Å². The summed E-state index contributed by atoms with van der Waals surface area (Å²) in [5.41, 5.74) is 1.21. The molecule has 1 saturated heterocycles. The topological polar surface area (TPSA) is 75.5 Å². The number of rotatable bonds is 4. The monoisotopic (exact) mass is 357 g/mol. The number of nitro groups is 1. The predicted octanol–water partition coefficient (Wildman–Crippen LogP) is 4.28. The van der Waals surface area contributed by atoms with Crippen LogP contribution in [0.25, 0.3) is 0 Å². The maximum atomic E-state index is 14.5. The molecule has 7 heteroatoms. The highest BCUT2D eigenvalue weighted by atomic mass is 19.1. The maximum absolute atomic E-state index is 14.5. The van der Waals surface area contributed by atoms with Crippen LogP contribution in [0, 0.1) is 22.9 Å². The van der Waals surface area contributed by atoms with Gasteiger partial charge < -0.3 is 10.2 Å². The molecule has 0 saturated carbocycles. The smallest absolute Gasteiger partial charge is 0.273 e. The van der Waals surface area contributed by atoms with E-state index in [1.165, 1.54) is 31.2 Å². The van der Waals surface area contributed by atoms with Gasteiger partial charge in [-0.1, -0.05) is 6.07 Å². The van der Waals surface area contributed by atoms with Gasteiger partial charge in [0, 0.05) is 36.0 Å². The van der Waals surface area contributed by atoms with Gasteiger partial charge in [0.2, 0.25) is 0 Å². The van der Waals surface area contributed by atoms with E-state index >= 15 is 0 Å². The first-order chi connectivity index (χ1) is 12.5. The van der Waals surface area contributed by atoms with Crippen LogP contribution < -0.4 is 10.2 Å². The van der Waals surface area contributed by atoms with Crippen molar-refractivity contribution in [3.63, 3.8) is 0 Å². The minimum atomic E-state index is -0.529. The standard InChI is InChI=1S/C19H20FN3O3/c1-13-15(6-5-7-17(13)23(25)26)19(24)21-14-8-9-18(16(20)12-14)22-10-3-2-4-11-22/h5-9,12H,2-4,10-11H2,1H3,(H,21,24). The van der Waals surface area contributed by atoms with E-state index in [2.05, 4.69) is 5.32 Å². The van der Waals surface area contributed by atoms with Crippen LogP contribution in [0.5, 0.6) is 0 Å². The third-order valence-electron chi connectivity index (χ3n) is 4.65. The molecule has 1 aliphatic rings. The van der Waals surface area contributed by atoms with Crippen molar-refractivity contribution in [3.05, 3.63) is 63.5 Å². The number of halogens is 1. The molecular formula is C19H20FN3O3. The van der Waals surface area contributed by atoms with Crippen molar-refractivity contribution in [1.29, 1.82) is 0 Å². The minimum absolute atomic E-state index is 0.121. The number of piperidine rings is 1. The molecular weight excluding hydrogens is 337 g/mol. The second kappa shape index (κ2) is 7.51. The Bertz CT molecular complexity index is 848. The Hall–Kier alpha value is -2.96. The van der Waals surface area contributed by atoms with Crippen LogP contribution in [0.4, 0.5) is 21.5 Å². The van der Waals surface area contributed by atoms with Crippen LogP contribution in [0.3, 0.4) is 0 Å². The second-order valence-corrected chi connectivity index (χ2v) is 6.37. The zero-order valence-corrected chi connectivity index (χ0v) is 14.5. The SMILES string of the molecule is Cc1c(C(=O)Nc2ccc(N3CCCCC3)c(F)c2)cccc1[N+](=O)[O-]. The summed E-state index contributed by atoms with van der Waals surface area (Å²) >= 11 is 0. The van der Waals surface area contributed by atoms with Crippen LogP contribution in [0.15, 0.2) is 36.4 Å². The molecule has 0 aromatic heterocycles. The molecule has 0 bridgehead atoms. The predicted molar refractivity (Wildman–Crippen MR) is 98.3 cm³/mol. The largest absolute Gasteiger partial charge is 0.369 e. The molecule has 2 aromatic carbocycles. The van der Waals surface area contributed by atoms with Crippen molar-refractivity contribution >= 4 is 23.0 Å². The summed E-state index contributed by atoms with van der Waals surface area (Å²) < 4.78 is 14.5. The molecule has 2 aromatic rings. The van der Waals surface area contributed by atoms with Gasteiger partial charge in [-0.05, 0) is 50.5 Å². The first kappa shape index (κ1) is 17.8. The minimum Gasteiger partial charge on any atom is -0.369 e. The summed E-state index contributed by atoms with van der Waals surface area (Å²) in [4.78, 5) is 24.9. The summed E-state index contributed by atoms with van der Waals surface area (Å²) in [5.74, 6) is -0.892. The van der Waals surface area contributed by atoms with Crippen molar-refractivity contribution < 1.29 is 14.1 Å². The molecule has 3 rings (SSSR count). The van der Waals surface area contributed by atoms with E-state index in [0.29, 0.717) is 11.4 Å². The number of anilines is 2. The number of nitro benzene ring substituents is 1. The summed E-state index contributed by atoms with van der Waals surface area (Å²) in [6.45, 7) is 3.18. The maximum Gasteiger partial charge on any atom is 0.273 e. The fourth-order valence-electron chi connectivity index (χ4n) is 3.24. The van der Waals surface area contributed by atoms with Gasteiger partial charge in [0.15, 0.2) is 0 Å². The molecule has 0 unspecified atom stereocenters. The van der Waals surface area contributed by atoms with E-state index in [1.807, 2.05) is 4.90 Å². The molecule has 0 atom stereocenters. The summed E-state index contributed by atoms with van der Waals surface area (Å²) in [6.07, 6.45) is 3.25. The Kier molecular flexibility index (Phi) is 5.16. The Balaban J connectivity index is 1.79. The number of benzene rings is 2. The zero-order chi connectivity index (χ0) is 18.7. The number of amides is 1. The molecule has 1 fully saturated rings. The molecule has 1 N–H and O–H groups in total. The number of nitrogens with one attached hydrogen (secondary N) is 1. The van der Waals surface area contributed by atoms with Crippen LogP contribution in [0.1, 0.15) is 35.2 Å². The molecule has 0 spiro atoms. The average Bonchev–Trinajstić information content (AvgIpc) is 2.62. The van der Waals surface area contributed by atoms with Gasteiger partial charge in [-0.2, -0.15) is 0 Å². The molecule has 136 valence electrons. The van der Waals surface area contributed by atoms with E-state index in [1.54, 1.807) is 12.1 Å². The number of carbonyl (C=O) groups is 1. The fraction of sp³-hybridized carbons (Fsp3) is 0.316. The summed E-state index contributed by atoms with van der Waals surface area (Å²) in [5, 5.41) is 13.6. The molecule has 1 aliphatic heterocycles. The zero-order valence-electron chi connectivity index (χ0n) is 14.5. The van der Waals surface area contributed by atoms with E-state index in [4.69, 9.17) is 0 Å². The number of hydrogen-bond acceptors (Lipinski definition) is 4. The first-order valence-corrected chi connectivity index (χ1v) is 8.57. The van der Waals surface area contributed by atoms with Crippen molar-refractivity contribution in [2.24, 2.45) is 0 Å². The number of carbonyl (C=O) groups excluding carboxylic acids is 1. The normalized spacial score (nSPS) is 14.2. The molecule has 0 aliphatic carbocycles. The lowest BCUT2D eigenvalue weighted by molar-refractivity contribution is -0.385. The third-order valence-corrected chi connectivity index (χ3v) is 4.65. The highest BCUT2D eigenvalue weighted by molar-refractivity contribution is 6.05. The van der Waals surface area contributed by atoms with Crippen LogP contribution in [-0.4, -0.2) is 23.9 Å². The van der Waals surface area contributed by atoms with Crippen LogP contribution >= 0.6 is 0 Å². The quantitative estimate of drug-likeness (QED) is 0.654. The Morgan fingerprint density at radius 2 is 1.92 bits per heavy atom. The van der Waals surface area contributed by atoms with Gasteiger partial charge in [0.1, 0.15) is 5.82 Å². The molecule has 6 nitrogen and oxygen atoms in total. The lowest BCUT2D eigenvalue weighted by atomic mass is 10.1. The molecule has 0 radical (unpaired) electrons. The molecule has 1 heterocycles. The first-order valence-electron chi connectivity index (χ1n) is 8.57. The van der Waals surface area contributed by atoms with Crippen molar-refractivity contribution in [2.45, 2.75) is 26.2 Å². The third kappa shape index (κ3) is 3.66. The summed E-state index contributed by atoms with van der Waals surface area (Å²) in [6, 6.07) is 8.91. The number of hydrogen-bond donors (Lipinski definition) is 1. The van der Waals surface area contributed by atoms with Crippen molar-refractivity contribution in [2.75, 3.05) is 23.3 Å². The highest BCUT2D eigenvalue weighted by Gasteiger charge is 2.19. The van der Waals surface area contributed by atoms with Crippen molar-refractivity contribution in [1.82, 2.24) is 0 Å².